The van der Waals surface area contributed by atoms with Crippen LogP contribution >= 0.6 is 22.9 Å². The van der Waals surface area contributed by atoms with Crippen molar-refractivity contribution in [2.45, 2.75) is 99.1 Å². The zero-order chi connectivity index (χ0) is 52.3. The highest BCUT2D eigenvalue weighted by atomic mass is 35.5. The molecule has 3 amide bonds. The van der Waals surface area contributed by atoms with Crippen molar-refractivity contribution in [2.75, 3.05) is 24.7 Å². The number of β-amino-alcohol motifs (C(OH)–C–C–N with tert-alkyl or cyclic N) is 1. The number of nitrogens with one attached hydrogen (secondary N) is 2. The van der Waals surface area contributed by atoms with Crippen molar-refractivity contribution in [2.24, 2.45) is 22.2 Å². The number of aryl methyl sites for hydroxylation is 1. The maximum atomic E-state index is 14.1. The largest absolute Gasteiger partial charge is 0.493 e. The molecule has 1 saturated carbocycles. The van der Waals surface area contributed by atoms with Gasteiger partial charge in [-0.15, -0.1) is 11.3 Å². The molecule has 1 aliphatic heterocycles. The van der Waals surface area contributed by atoms with Gasteiger partial charge in [-0.25, -0.2) is 13.4 Å². The summed E-state index contributed by atoms with van der Waals surface area (Å²) in [6.45, 7) is 15.4. The lowest BCUT2D eigenvalue weighted by atomic mass is 9.49. The number of sulfone groups is 1. The molecule has 0 radical (unpaired) electrons. The summed E-state index contributed by atoms with van der Waals surface area (Å²) < 4.78 is 38.5. The third kappa shape index (κ3) is 12.2. The molecule has 0 unspecified atom stereocenters. The highest BCUT2D eigenvalue weighted by molar-refractivity contribution is 7.92. The fourth-order valence-corrected chi connectivity index (χ4v) is 12.3. The molecule has 72 heavy (non-hydrogen) atoms. The van der Waals surface area contributed by atoms with Gasteiger partial charge in [0.05, 0.1) is 38.5 Å². The van der Waals surface area contributed by atoms with Crippen LogP contribution in [0.5, 0.6) is 11.5 Å². The van der Waals surface area contributed by atoms with E-state index in [2.05, 4.69) is 21.7 Å². The first-order chi connectivity index (χ1) is 33.9. The molecule has 2 fully saturated rings. The van der Waals surface area contributed by atoms with Crippen LogP contribution in [0.2, 0.25) is 5.02 Å². The van der Waals surface area contributed by atoms with Gasteiger partial charge >= 0.3 is 0 Å². The number of ether oxygens (including phenoxy) is 2. The number of nitriles is 1. The second-order valence-corrected chi connectivity index (χ2v) is 24.5. The van der Waals surface area contributed by atoms with E-state index in [1.54, 1.807) is 80.1 Å². The number of carbonyl (C=O) groups excluding carboxylic acids is 4. The number of halogens is 1. The SMILES string of the molecule is Cc1ncsc1-c1ccc(CNC(=O)[C@@H]2C[C@@H](O)CN2C(=O)[C@@H](CC(=O)CS(=O)(=O)CCOc2ccc(-c3ccc(C(=O)NC4C(C)(C)C(Oc5ccc(C#N)c(Cl)c5)C4(C)C)cc3)cc2)C(C)(C)C)cc1. The number of ketones is 1. The zero-order valence-corrected chi connectivity index (χ0v) is 44.2. The van der Waals surface area contributed by atoms with Crippen molar-refractivity contribution in [1.82, 2.24) is 20.5 Å². The molecule has 4 aromatic carbocycles. The molecule has 2 aliphatic rings. The first-order valence-electron chi connectivity index (χ1n) is 23.9. The Hall–Kier alpha value is -6.12. The van der Waals surface area contributed by atoms with E-state index in [0.29, 0.717) is 27.6 Å². The first kappa shape index (κ1) is 53.7. The Kier molecular flexibility index (Phi) is 16.1. The number of hydrogen-bond acceptors (Lipinski definition) is 12. The number of aliphatic hydroxyl groups is 1. The average molecular weight is 1040 g/mol. The Morgan fingerprint density at radius 2 is 1.54 bits per heavy atom. The van der Waals surface area contributed by atoms with Crippen molar-refractivity contribution in [1.29, 1.82) is 5.26 Å². The quantitative estimate of drug-likeness (QED) is 0.0758. The van der Waals surface area contributed by atoms with E-state index >= 15 is 0 Å². The molecule has 1 aromatic heterocycles. The fourth-order valence-electron chi connectivity index (χ4n) is 10.2. The molecule has 3 atom stereocenters. The first-order valence-corrected chi connectivity index (χ1v) is 26.9. The molecule has 2 heterocycles. The van der Waals surface area contributed by atoms with Gasteiger partial charge in [-0.05, 0) is 71.0 Å². The predicted molar refractivity (Wildman–Crippen MR) is 278 cm³/mol. The minimum Gasteiger partial charge on any atom is -0.493 e. The summed E-state index contributed by atoms with van der Waals surface area (Å²) in [7, 11) is -3.93. The monoisotopic (exact) mass is 1040 g/mol. The molecule has 1 saturated heterocycles. The summed E-state index contributed by atoms with van der Waals surface area (Å²) in [5.41, 5.74) is 5.55. The molecule has 380 valence electrons. The molecule has 3 N–H and O–H groups in total. The number of nitrogens with zero attached hydrogens (tertiary/aromatic N) is 3. The molecule has 7 rings (SSSR count). The minimum atomic E-state index is -3.93. The highest BCUT2D eigenvalue weighted by Gasteiger charge is 2.64. The maximum absolute atomic E-state index is 14.1. The third-order valence-corrected chi connectivity index (χ3v) is 16.7. The van der Waals surface area contributed by atoms with Crippen LogP contribution in [-0.2, 0) is 30.8 Å². The second kappa shape index (κ2) is 21.5. The van der Waals surface area contributed by atoms with Gasteiger partial charge in [-0.3, -0.25) is 19.2 Å². The molecule has 17 heteroatoms. The van der Waals surface area contributed by atoms with Crippen molar-refractivity contribution in [3.63, 3.8) is 0 Å². The number of aromatic nitrogens is 1. The van der Waals surface area contributed by atoms with Crippen molar-refractivity contribution >= 4 is 56.3 Å². The lowest BCUT2D eigenvalue weighted by molar-refractivity contribution is -0.164. The van der Waals surface area contributed by atoms with Crippen LogP contribution in [0.15, 0.2) is 96.5 Å². The van der Waals surface area contributed by atoms with E-state index < -0.39 is 73.2 Å². The van der Waals surface area contributed by atoms with Gasteiger partial charge in [0.25, 0.3) is 5.91 Å². The zero-order valence-electron chi connectivity index (χ0n) is 41.8. The second-order valence-electron chi connectivity index (χ2n) is 21.1. The van der Waals surface area contributed by atoms with Gasteiger partial charge < -0.3 is 30.1 Å². The molecule has 0 bridgehead atoms. The molecular weight excluding hydrogens is 974 g/mol. The standard InChI is InChI=1S/C55H62ClN5O9S2/c1-33-47(71-32-59-33)37-11-9-34(10-12-37)29-58-49(65)46-26-40(62)30-61(46)50(66)44(53(2,3)4)25-41(63)31-72(67,68)24-23-69-42-20-17-36(18-21-42)35-13-15-38(16-14-35)48(64)60-51-54(5,6)52(55(51,7)8)70-43-22-19-39(28-57)45(56)27-43/h9-22,27,32,40,44,46,51-52,62H,23-26,29-31H2,1-8H3,(H,58,65)(H,60,64)/t40-,44-,46+,51?,52?/m1/s1. The lowest BCUT2D eigenvalue weighted by Gasteiger charge is -2.63. The lowest BCUT2D eigenvalue weighted by Crippen LogP contribution is -2.74. The molecule has 1 aliphatic carbocycles. The van der Waals surface area contributed by atoms with Gasteiger partial charge in [0, 0.05) is 60.4 Å². The van der Waals surface area contributed by atoms with Crippen molar-refractivity contribution < 1.29 is 42.2 Å². The van der Waals surface area contributed by atoms with E-state index in [0.717, 1.165) is 32.8 Å². The number of carbonyl (C=O) groups is 4. The summed E-state index contributed by atoms with van der Waals surface area (Å²) in [6, 6.07) is 27.9. The van der Waals surface area contributed by atoms with Gasteiger partial charge in [-0.1, -0.05) is 109 Å². The molecule has 5 aromatic rings. The number of hydrogen-bond donors (Lipinski definition) is 3. The maximum Gasteiger partial charge on any atom is 0.251 e. The number of amides is 3. The van der Waals surface area contributed by atoms with Gasteiger partial charge in [-0.2, -0.15) is 5.26 Å². The van der Waals surface area contributed by atoms with Crippen molar-refractivity contribution in [3.05, 3.63) is 124 Å². The van der Waals surface area contributed by atoms with Crippen LogP contribution < -0.4 is 20.1 Å². The Labute approximate surface area is 431 Å². The fraction of sp³-hybridized carbons (Fsp3) is 0.418. The molecule has 14 nitrogen and oxygen atoms in total. The number of likely N-dealkylation sites (tertiary alicyclic amines) is 1. The van der Waals surface area contributed by atoms with Gasteiger partial charge in [0.1, 0.15) is 47.9 Å². The predicted octanol–water partition coefficient (Wildman–Crippen LogP) is 8.62. The van der Waals surface area contributed by atoms with Gasteiger partial charge in [0.15, 0.2) is 9.84 Å². The summed E-state index contributed by atoms with van der Waals surface area (Å²) >= 11 is 7.79. The van der Waals surface area contributed by atoms with Crippen LogP contribution in [0.25, 0.3) is 21.6 Å². The van der Waals surface area contributed by atoms with Crippen LogP contribution in [-0.4, -0.2) is 95.9 Å². The summed E-state index contributed by atoms with van der Waals surface area (Å²) in [6.07, 6.45) is -1.50. The number of thiazole rings is 1. The summed E-state index contributed by atoms with van der Waals surface area (Å²) in [4.78, 5) is 61.2. The van der Waals surface area contributed by atoms with E-state index in [1.807, 2.05) is 83.1 Å². The van der Waals surface area contributed by atoms with Crippen LogP contribution in [0.4, 0.5) is 0 Å². The van der Waals surface area contributed by atoms with E-state index in [-0.39, 0.29) is 50.6 Å². The van der Waals surface area contributed by atoms with E-state index in [9.17, 15) is 38.0 Å². The number of benzene rings is 4. The topological polar surface area (TPSA) is 205 Å². The number of Topliss-reactive ketones (excluding diaryl/α,β-unsaturated/α-hetero) is 1. The van der Waals surface area contributed by atoms with E-state index in [4.69, 9.17) is 21.1 Å². The summed E-state index contributed by atoms with van der Waals surface area (Å²) in [5, 5.41) is 26.3. The Balaban J connectivity index is 0.872. The van der Waals surface area contributed by atoms with E-state index in [1.165, 1.54) is 4.90 Å². The number of aliphatic hydroxyl groups excluding tert-OH is 1. The Morgan fingerprint density at radius 3 is 2.12 bits per heavy atom. The number of rotatable bonds is 18. The molecule has 0 spiro atoms. The van der Waals surface area contributed by atoms with Crippen LogP contribution in [0, 0.1) is 40.4 Å². The minimum absolute atomic E-state index is 0.0363. The smallest absolute Gasteiger partial charge is 0.251 e. The van der Waals surface area contributed by atoms with Gasteiger partial charge in [0.2, 0.25) is 11.8 Å². The Bertz CT molecular complexity index is 2950. The average Bonchev–Trinajstić information content (AvgIpc) is 3.95. The Morgan fingerprint density at radius 1 is 0.931 bits per heavy atom. The highest BCUT2D eigenvalue weighted by Crippen LogP contribution is 2.55. The normalized spacial score (nSPS) is 19.6. The summed E-state index contributed by atoms with van der Waals surface area (Å²) in [5.74, 6) is -2.94. The van der Waals surface area contributed by atoms with Crippen molar-refractivity contribution in [3.8, 4) is 39.1 Å². The third-order valence-electron chi connectivity index (χ3n) is 13.9. The molecular formula is C55H62ClN5O9S2. The van der Waals surface area contributed by atoms with Crippen LogP contribution in [0.1, 0.15) is 88.5 Å². The van der Waals surface area contributed by atoms with Crippen LogP contribution in [0.3, 0.4) is 0 Å².